The lowest BCUT2D eigenvalue weighted by Crippen LogP contribution is -2.58. The zero-order chi connectivity index (χ0) is 22.2. The van der Waals surface area contributed by atoms with Crippen LogP contribution in [0, 0.1) is 0 Å². The normalized spacial score (nSPS) is 28.1. The van der Waals surface area contributed by atoms with Gasteiger partial charge in [0, 0.05) is 12.6 Å². The Hall–Kier alpha value is -1.42. The molecule has 9 heteroatoms. The van der Waals surface area contributed by atoms with Crippen LogP contribution in [0.15, 0.2) is 34.0 Å². The van der Waals surface area contributed by atoms with Crippen LogP contribution in [0.25, 0.3) is 0 Å². The molecule has 1 aromatic rings. The van der Waals surface area contributed by atoms with Crippen LogP contribution in [0.1, 0.15) is 39.0 Å². The molecule has 2 bridgehead atoms. The van der Waals surface area contributed by atoms with Crippen molar-refractivity contribution in [2.75, 3.05) is 31.4 Å². The zero-order valence-electron chi connectivity index (χ0n) is 18.1. The average Bonchev–Trinajstić information content (AvgIpc) is 3.30. The molecule has 170 valence electrons. The van der Waals surface area contributed by atoms with Gasteiger partial charge in [0.25, 0.3) is 0 Å². The van der Waals surface area contributed by atoms with E-state index in [9.17, 15) is 9.18 Å². The lowest BCUT2D eigenvalue weighted by atomic mass is 9.76. The molecule has 1 saturated carbocycles. The Morgan fingerprint density at radius 2 is 2.26 bits per heavy atom. The second-order valence-electron chi connectivity index (χ2n) is 8.47. The summed E-state index contributed by atoms with van der Waals surface area (Å²) in [4.78, 5) is 15.2. The number of ether oxygens (including phenoxy) is 2. The molecule has 1 unspecified atom stereocenters. The van der Waals surface area contributed by atoms with Gasteiger partial charge in [-0.05, 0) is 56.6 Å². The third-order valence-corrected chi connectivity index (χ3v) is 8.31. The molecule has 3 aliphatic heterocycles. The predicted octanol–water partition coefficient (Wildman–Crippen LogP) is 4.93. The molecule has 1 aromatic carbocycles. The first-order valence-electron chi connectivity index (χ1n) is 10.6. The molecule has 5 rings (SSSR count). The molecule has 1 atom stereocenters. The highest BCUT2D eigenvalue weighted by Gasteiger charge is 2.56. The fourth-order valence-corrected chi connectivity index (χ4v) is 6.23. The second kappa shape index (κ2) is 9.21. The van der Waals surface area contributed by atoms with Gasteiger partial charge in [-0.2, -0.15) is 4.39 Å². The Morgan fingerprint density at radius 1 is 1.48 bits per heavy atom. The van der Waals surface area contributed by atoms with Gasteiger partial charge in [-0.1, -0.05) is 19.8 Å². The van der Waals surface area contributed by atoms with E-state index in [1.54, 1.807) is 11.9 Å². The van der Waals surface area contributed by atoms with Gasteiger partial charge in [0.05, 0.1) is 33.7 Å². The number of carboxylic acids is 1. The maximum Gasteiger partial charge on any atom is 0.368 e. The minimum absolute atomic E-state index is 0.0446. The Labute approximate surface area is 191 Å². The number of carbonyl (C=O) groups is 1. The van der Waals surface area contributed by atoms with Crippen molar-refractivity contribution in [1.29, 1.82) is 0 Å². The number of rotatable bonds is 8. The van der Waals surface area contributed by atoms with Crippen LogP contribution in [0.2, 0.25) is 0 Å². The van der Waals surface area contributed by atoms with Crippen LogP contribution >= 0.6 is 23.7 Å². The van der Waals surface area contributed by atoms with E-state index in [4.69, 9.17) is 14.6 Å². The van der Waals surface area contributed by atoms with E-state index in [1.165, 1.54) is 18.2 Å². The summed E-state index contributed by atoms with van der Waals surface area (Å²) in [6, 6.07) is 4.41. The van der Waals surface area contributed by atoms with Gasteiger partial charge >= 0.3 is 5.97 Å². The minimum atomic E-state index is -1.64. The summed E-state index contributed by atoms with van der Waals surface area (Å²) in [7, 11) is 2.12. The first-order chi connectivity index (χ1) is 14.9. The van der Waals surface area contributed by atoms with Crippen LogP contribution < -0.4 is 9.64 Å². The Kier molecular flexibility index (Phi) is 6.76. The number of nitrogens with zero attached hydrogens (tertiary/aromatic N) is 2. The number of carboxylic acid groups (broad SMARTS) is 1. The molecule has 0 aromatic heterocycles. The highest BCUT2D eigenvalue weighted by atomic mass is 32.2. The van der Waals surface area contributed by atoms with Gasteiger partial charge in [0.2, 0.25) is 5.83 Å². The Balaban J connectivity index is 1.72. The monoisotopic (exact) mass is 468 g/mol. The molecular weight excluding hydrogens is 439 g/mol. The number of halogens is 1. The van der Waals surface area contributed by atoms with Crippen LogP contribution in [0.4, 0.5) is 10.1 Å². The van der Waals surface area contributed by atoms with Crippen molar-refractivity contribution >= 4 is 35.4 Å². The molecule has 0 radical (unpaired) electrons. The van der Waals surface area contributed by atoms with Crippen LogP contribution in [-0.4, -0.2) is 59.5 Å². The topological polar surface area (TPSA) is 62.2 Å². The largest absolute Gasteiger partial charge is 0.476 e. The number of anilines is 1. The predicted molar refractivity (Wildman–Crippen MR) is 122 cm³/mol. The maximum absolute atomic E-state index is 13.5. The first kappa shape index (κ1) is 22.8. The van der Waals surface area contributed by atoms with Crippen molar-refractivity contribution in [3.8, 4) is 5.75 Å². The molecule has 31 heavy (non-hydrogen) atoms. The van der Waals surface area contributed by atoms with E-state index in [2.05, 4.69) is 29.2 Å². The van der Waals surface area contributed by atoms with E-state index in [1.807, 2.05) is 12.3 Å². The molecule has 1 aliphatic carbocycles. The number of unbranched alkanes of at least 4 members (excludes halogenated alkanes) is 1. The minimum Gasteiger partial charge on any atom is -0.476 e. The van der Waals surface area contributed by atoms with E-state index in [0.29, 0.717) is 24.2 Å². The fraction of sp³-hybridized carbons (Fsp3) is 0.591. The van der Waals surface area contributed by atoms with Crippen molar-refractivity contribution in [3.05, 3.63) is 24.2 Å². The average molecular weight is 469 g/mol. The summed E-state index contributed by atoms with van der Waals surface area (Å²) in [5, 5.41) is 8.78. The van der Waals surface area contributed by atoms with Crippen LogP contribution in [0.5, 0.6) is 5.75 Å². The van der Waals surface area contributed by atoms with Crippen molar-refractivity contribution < 1.29 is 23.8 Å². The molecule has 1 N–H and O–H groups in total. The number of hydrogen-bond acceptors (Lipinski definition) is 7. The molecule has 6 nitrogen and oxygen atoms in total. The Bertz CT molecular complexity index is 870. The number of hydrogen-bond donors (Lipinski definition) is 1. The Morgan fingerprint density at radius 3 is 2.87 bits per heavy atom. The molecule has 3 heterocycles. The van der Waals surface area contributed by atoms with Gasteiger partial charge in [0.1, 0.15) is 12.0 Å². The standard InChI is InChI=1S/C22H29FN2O4S2/c1-4-5-6-14-11-25(22-9-15(10-22)29-13-22)17-7-20(30-3)18(8-19(17)31-24(14)2)28-12-16(23)21(26)27/h7-8,12,14-15H,4-6,9-11,13H2,1-3H3,(H,26,27)/b16-12-. The van der Waals surface area contributed by atoms with Gasteiger partial charge in [-0.25, -0.2) is 9.10 Å². The molecular formula is C22H29FN2O4S2. The summed E-state index contributed by atoms with van der Waals surface area (Å²) < 4.78 is 27.2. The molecule has 0 amide bonds. The van der Waals surface area contributed by atoms with Gasteiger partial charge < -0.3 is 19.5 Å². The number of likely N-dealkylation sites (N-methyl/N-ethyl adjacent to an activating group) is 1. The van der Waals surface area contributed by atoms with Crippen molar-refractivity contribution in [2.24, 2.45) is 0 Å². The van der Waals surface area contributed by atoms with E-state index in [0.717, 1.165) is 54.3 Å². The smallest absolute Gasteiger partial charge is 0.368 e. The summed E-state index contributed by atoms with van der Waals surface area (Å²) in [5.74, 6) is -2.50. The summed E-state index contributed by atoms with van der Waals surface area (Å²) in [6.45, 7) is 3.91. The summed E-state index contributed by atoms with van der Waals surface area (Å²) in [6.07, 6.45) is 8.54. The van der Waals surface area contributed by atoms with Crippen LogP contribution in [-0.2, 0) is 9.53 Å². The summed E-state index contributed by atoms with van der Waals surface area (Å²) in [5.41, 5.74) is 1.20. The third kappa shape index (κ3) is 4.42. The SMILES string of the molecule is CCCCC1CN(C23COC(C2)C3)c2cc(SC)c(O/C=C(\F)C(=O)O)cc2SN1C. The second-order valence-corrected chi connectivity index (χ2v) is 10.5. The van der Waals surface area contributed by atoms with E-state index < -0.39 is 11.8 Å². The van der Waals surface area contributed by atoms with Crippen LogP contribution in [0.3, 0.4) is 0 Å². The summed E-state index contributed by atoms with van der Waals surface area (Å²) >= 11 is 3.18. The number of fused-ring (bicyclic) bond motifs is 2. The van der Waals surface area contributed by atoms with Gasteiger partial charge in [-0.3, -0.25) is 0 Å². The van der Waals surface area contributed by atoms with E-state index in [-0.39, 0.29) is 5.54 Å². The first-order valence-corrected chi connectivity index (χ1v) is 12.6. The van der Waals surface area contributed by atoms with E-state index >= 15 is 0 Å². The lowest BCUT2D eigenvalue weighted by molar-refractivity contribution is -0.134. The fourth-order valence-electron chi connectivity index (χ4n) is 4.64. The third-order valence-electron chi connectivity index (χ3n) is 6.45. The quantitative estimate of drug-likeness (QED) is 0.249. The molecule has 4 aliphatic rings. The zero-order valence-corrected chi connectivity index (χ0v) is 19.7. The number of benzene rings is 1. The molecule has 2 saturated heterocycles. The number of thioether (sulfide) groups is 1. The molecule has 0 spiro atoms. The van der Waals surface area contributed by atoms with Crippen molar-refractivity contribution in [1.82, 2.24) is 4.31 Å². The lowest BCUT2D eigenvalue weighted by Gasteiger charge is -2.48. The van der Waals surface area contributed by atoms with Gasteiger partial charge in [-0.15, -0.1) is 11.8 Å². The van der Waals surface area contributed by atoms with Gasteiger partial charge in [0.15, 0.2) is 0 Å². The number of aliphatic carboxylic acids is 1. The highest BCUT2D eigenvalue weighted by molar-refractivity contribution is 7.98. The molecule has 3 fully saturated rings. The highest BCUT2D eigenvalue weighted by Crippen LogP contribution is 2.53. The van der Waals surface area contributed by atoms with Crippen molar-refractivity contribution in [3.63, 3.8) is 0 Å². The maximum atomic E-state index is 13.5. The van der Waals surface area contributed by atoms with Crippen molar-refractivity contribution in [2.45, 2.75) is 66.5 Å².